The first kappa shape index (κ1) is 16.1. The highest BCUT2D eigenvalue weighted by Gasteiger charge is 2.35. The molecule has 0 heterocycles. The Labute approximate surface area is 127 Å². The van der Waals surface area contributed by atoms with Gasteiger partial charge in [-0.25, -0.2) is 0 Å². The van der Waals surface area contributed by atoms with Gasteiger partial charge in [-0.3, -0.25) is 9.59 Å². The third-order valence-corrected chi connectivity index (χ3v) is 4.98. The first-order valence-electron chi connectivity index (χ1n) is 8.30. The maximum Gasteiger partial charge on any atom is 0.307 e. The van der Waals surface area contributed by atoms with E-state index in [0.29, 0.717) is 12.8 Å². The number of allylic oxidation sites excluding steroid dienone is 2. The fourth-order valence-corrected chi connectivity index (χ4v) is 3.69. The van der Waals surface area contributed by atoms with Crippen molar-refractivity contribution < 1.29 is 14.7 Å². The standard InChI is InChI=1S/C17H27NO3/c1-2-5-12-8-10-13(11-9-12)18-16(19)14-6-3-4-7-15(14)17(20)21/h3-4,12-15H,2,5-11H2,1H3,(H,18,19)(H,20,21)/t12?,13?,14-,15+/m1/s1. The lowest BCUT2D eigenvalue weighted by molar-refractivity contribution is -0.147. The molecule has 118 valence electrons. The summed E-state index contributed by atoms with van der Waals surface area (Å²) in [7, 11) is 0. The zero-order valence-corrected chi connectivity index (χ0v) is 12.9. The minimum atomic E-state index is -0.855. The summed E-state index contributed by atoms with van der Waals surface area (Å²) in [5.41, 5.74) is 0. The van der Waals surface area contributed by atoms with Crippen LogP contribution in [0.1, 0.15) is 58.3 Å². The molecule has 0 spiro atoms. The quantitative estimate of drug-likeness (QED) is 0.765. The SMILES string of the molecule is CCCC1CCC(NC(=O)[C@@H]2CC=CC[C@@H]2C(=O)O)CC1. The Balaban J connectivity index is 1.84. The van der Waals surface area contributed by atoms with E-state index in [1.807, 2.05) is 12.2 Å². The summed E-state index contributed by atoms with van der Waals surface area (Å²) in [6, 6.07) is 0.242. The molecule has 0 bridgehead atoms. The monoisotopic (exact) mass is 293 g/mol. The van der Waals surface area contributed by atoms with E-state index in [4.69, 9.17) is 0 Å². The lowest BCUT2D eigenvalue weighted by Crippen LogP contribution is -2.44. The number of hydrogen-bond acceptors (Lipinski definition) is 2. The number of nitrogens with one attached hydrogen (secondary N) is 1. The van der Waals surface area contributed by atoms with Gasteiger partial charge in [0.25, 0.3) is 0 Å². The van der Waals surface area contributed by atoms with Crippen LogP contribution in [0.3, 0.4) is 0 Å². The number of carbonyl (C=O) groups is 2. The molecule has 0 saturated heterocycles. The van der Waals surface area contributed by atoms with Crippen LogP contribution in [0.4, 0.5) is 0 Å². The Morgan fingerprint density at radius 2 is 1.71 bits per heavy atom. The van der Waals surface area contributed by atoms with Crippen LogP contribution in [0.15, 0.2) is 12.2 Å². The van der Waals surface area contributed by atoms with Crippen molar-refractivity contribution in [1.82, 2.24) is 5.32 Å². The Morgan fingerprint density at radius 3 is 2.29 bits per heavy atom. The smallest absolute Gasteiger partial charge is 0.307 e. The van der Waals surface area contributed by atoms with Crippen molar-refractivity contribution in [3.8, 4) is 0 Å². The molecule has 0 unspecified atom stereocenters. The van der Waals surface area contributed by atoms with Crippen LogP contribution >= 0.6 is 0 Å². The van der Waals surface area contributed by atoms with Crippen LogP contribution in [-0.2, 0) is 9.59 Å². The van der Waals surface area contributed by atoms with Gasteiger partial charge in [-0.05, 0) is 44.4 Å². The van der Waals surface area contributed by atoms with Gasteiger partial charge in [-0.15, -0.1) is 0 Å². The maximum absolute atomic E-state index is 12.4. The third kappa shape index (κ3) is 4.32. The second-order valence-corrected chi connectivity index (χ2v) is 6.51. The Bertz CT molecular complexity index is 397. The Hall–Kier alpha value is -1.32. The summed E-state index contributed by atoms with van der Waals surface area (Å²) in [5.74, 6) is -1.07. The average molecular weight is 293 g/mol. The molecule has 1 amide bonds. The molecule has 0 aromatic carbocycles. The van der Waals surface area contributed by atoms with E-state index < -0.39 is 17.8 Å². The highest BCUT2D eigenvalue weighted by molar-refractivity contribution is 5.85. The maximum atomic E-state index is 12.4. The normalized spacial score (nSPS) is 32.6. The molecule has 0 aromatic heterocycles. The second kappa shape index (κ2) is 7.62. The summed E-state index contributed by atoms with van der Waals surface area (Å²) in [6.45, 7) is 2.22. The molecule has 0 aromatic rings. The summed E-state index contributed by atoms with van der Waals surface area (Å²) in [5, 5.41) is 12.3. The Morgan fingerprint density at radius 1 is 1.10 bits per heavy atom. The first-order chi connectivity index (χ1) is 10.1. The van der Waals surface area contributed by atoms with Gasteiger partial charge in [0.1, 0.15) is 0 Å². The molecular formula is C17H27NO3. The highest BCUT2D eigenvalue weighted by atomic mass is 16.4. The van der Waals surface area contributed by atoms with E-state index in [9.17, 15) is 14.7 Å². The highest BCUT2D eigenvalue weighted by Crippen LogP contribution is 2.30. The molecule has 2 N–H and O–H groups in total. The molecular weight excluding hydrogens is 266 g/mol. The number of carboxylic acids is 1. The van der Waals surface area contributed by atoms with Crippen LogP contribution in [0, 0.1) is 17.8 Å². The second-order valence-electron chi connectivity index (χ2n) is 6.51. The van der Waals surface area contributed by atoms with E-state index in [1.54, 1.807) is 0 Å². The number of amides is 1. The van der Waals surface area contributed by atoms with Gasteiger partial charge < -0.3 is 10.4 Å². The van der Waals surface area contributed by atoms with Gasteiger partial charge in [0.15, 0.2) is 0 Å². The molecule has 2 aliphatic carbocycles. The van der Waals surface area contributed by atoms with E-state index in [-0.39, 0.29) is 11.9 Å². The molecule has 1 saturated carbocycles. The predicted octanol–water partition coefficient (Wildman–Crippen LogP) is 3.13. The van der Waals surface area contributed by atoms with Crippen molar-refractivity contribution in [2.45, 2.75) is 64.3 Å². The zero-order chi connectivity index (χ0) is 15.2. The number of carboxylic acid groups (broad SMARTS) is 1. The number of hydrogen-bond donors (Lipinski definition) is 2. The summed E-state index contributed by atoms with van der Waals surface area (Å²) in [4.78, 5) is 23.6. The fourth-order valence-electron chi connectivity index (χ4n) is 3.69. The summed E-state index contributed by atoms with van der Waals surface area (Å²) >= 11 is 0. The van der Waals surface area contributed by atoms with Crippen LogP contribution in [-0.4, -0.2) is 23.0 Å². The van der Waals surface area contributed by atoms with Gasteiger partial charge in [0.05, 0.1) is 11.8 Å². The lowest BCUT2D eigenvalue weighted by Gasteiger charge is -2.31. The predicted molar refractivity (Wildman–Crippen MR) is 81.8 cm³/mol. The van der Waals surface area contributed by atoms with Gasteiger partial charge >= 0.3 is 5.97 Å². The van der Waals surface area contributed by atoms with Crippen molar-refractivity contribution in [3.05, 3.63) is 12.2 Å². The van der Waals surface area contributed by atoms with Crippen LogP contribution < -0.4 is 5.32 Å². The van der Waals surface area contributed by atoms with Crippen molar-refractivity contribution in [3.63, 3.8) is 0 Å². The number of rotatable bonds is 5. The largest absolute Gasteiger partial charge is 0.481 e. The van der Waals surface area contributed by atoms with Gasteiger partial charge in [-0.2, -0.15) is 0 Å². The molecule has 0 radical (unpaired) electrons. The van der Waals surface area contributed by atoms with Gasteiger partial charge in [0.2, 0.25) is 5.91 Å². The van der Waals surface area contributed by atoms with Crippen molar-refractivity contribution in [1.29, 1.82) is 0 Å². The minimum absolute atomic E-state index is 0.0642. The van der Waals surface area contributed by atoms with E-state index in [2.05, 4.69) is 12.2 Å². The molecule has 2 atom stereocenters. The van der Waals surface area contributed by atoms with Crippen LogP contribution in [0.2, 0.25) is 0 Å². The molecule has 21 heavy (non-hydrogen) atoms. The molecule has 4 heteroatoms. The van der Waals surface area contributed by atoms with Crippen molar-refractivity contribution >= 4 is 11.9 Å². The minimum Gasteiger partial charge on any atom is -0.481 e. The number of carbonyl (C=O) groups excluding carboxylic acids is 1. The van der Waals surface area contributed by atoms with Crippen LogP contribution in [0.25, 0.3) is 0 Å². The van der Waals surface area contributed by atoms with Gasteiger partial charge in [0, 0.05) is 6.04 Å². The topological polar surface area (TPSA) is 66.4 Å². The Kier molecular flexibility index (Phi) is 5.83. The first-order valence-corrected chi connectivity index (χ1v) is 8.30. The number of aliphatic carboxylic acids is 1. The third-order valence-electron chi connectivity index (χ3n) is 4.98. The average Bonchev–Trinajstić information content (AvgIpc) is 2.49. The summed E-state index contributed by atoms with van der Waals surface area (Å²) < 4.78 is 0. The van der Waals surface area contributed by atoms with Gasteiger partial charge in [-0.1, -0.05) is 31.9 Å². The van der Waals surface area contributed by atoms with Crippen molar-refractivity contribution in [2.24, 2.45) is 17.8 Å². The molecule has 0 aliphatic heterocycles. The molecule has 2 aliphatic rings. The fraction of sp³-hybridized carbons (Fsp3) is 0.765. The van der Waals surface area contributed by atoms with E-state index in [0.717, 1.165) is 18.8 Å². The summed E-state index contributed by atoms with van der Waals surface area (Å²) in [6.07, 6.45) is 11.8. The lowest BCUT2D eigenvalue weighted by atomic mass is 9.81. The molecule has 4 nitrogen and oxygen atoms in total. The van der Waals surface area contributed by atoms with E-state index in [1.165, 1.54) is 25.7 Å². The molecule has 2 rings (SSSR count). The zero-order valence-electron chi connectivity index (χ0n) is 12.9. The van der Waals surface area contributed by atoms with E-state index >= 15 is 0 Å². The van der Waals surface area contributed by atoms with Crippen molar-refractivity contribution in [2.75, 3.05) is 0 Å². The molecule has 1 fully saturated rings. The van der Waals surface area contributed by atoms with Crippen LogP contribution in [0.5, 0.6) is 0 Å².